The van der Waals surface area contributed by atoms with Crippen molar-refractivity contribution in [2.24, 2.45) is 27.6 Å². The monoisotopic (exact) mass is 965 g/mol. The zero-order valence-corrected chi connectivity index (χ0v) is 46.5. The number of ether oxygens (including phenoxy) is 1. The molecule has 0 fully saturated rings. The summed E-state index contributed by atoms with van der Waals surface area (Å²) in [4.78, 5) is 25.1. The predicted octanol–water partition coefficient (Wildman–Crippen LogP) is 15.3. The Hall–Kier alpha value is -3.62. The van der Waals surface area contributed by atoms with Gasteiger partial charge in [-0.25, -0.2) is 0 Å². The van der Waals surface area contributed by atoms with E-state index < -0.39 is 24.0 Å². The molecule has 0 aromatic heterocycles. The minimum Gasteiger partial charge on any atom is -0.550 e. The zero-order chi connectivity index (χ0) is 51.9. The van der Waals surface area contributed by atoms with Gasteiger partial charge in [0.25, 0.3) is 0 Å². The fraction of sp³-hybridized carbons (Fsp3) is 0.559. The number of aliphatic carboxylic acids is 2. The number of aliphatic hydroxyl groups is 1. The van der Waals surface area contributed by atoms with E-state index in [1.165, 1.54) is 20.2 Å². The molecule has 0 saturated heterocycles. The summed E-state index contributed by atoms with van der Waals surface area (Å²) in [5.74, 6) is -2.95. The van der Waals surface area contributed by atoms with E-state index in [1.54, 1.807) is 0 Å². The molecule has 8 heteroatoms. The van der Waals surface area contributed by atoms with Crippen molar-refractivity contribution < 1.29 is 29.6 Å². The van der Waals surface area contributed by atoms with Crippen LogP contribution in [0.2, 0.25) is 0 Å². The largest absolute Gasteiger partial charge is 0.550 e. The lowest BCUT2D eigenvalue weighted by Crippen LogP contribution is -2.32. The summed E-state index contributed by atoms with van der Waals surface area (Å²) in [5.41, 5.74) is 3.21. The van der Waals surface area contributed by atoms with Crippen LogP contribution in [0.5, 0.6) is 0 Å². The third-order valence-corrected chi connectivity index (χ3v) is 11.1. The van der Waals surface area contributed by atoms with E-state index in [0.29, 0.717) is 41.3 Å². The molecule has 2 atom stereocenters. The fourth-order valence-electron chi connectivity index (χ4n) is 5.38. The van der Waals surface area contributed by atoms with Gasteiger partial charge in [-0.15, -0.1) is 11.6 Å². The van der Waals surface area contributed by atoms with E-state index in [0.717, 1.165) is 25.7 Å². The van der Waals surface area contributed by atoms with Crippen molar-refractivity contribution in [3.63, 3.8) is 0 Å². The molecule has 0 spiro atoms. The molecule has 0 heterocycles. The number of aliphatic hydroxyl groups excluding tert-OH is 1. The van der Waals surface area contributed by atoms with Gasteiger partial charge in [-0.1, -0.05) is 209 Å². The molecule has 0 aliphatic rings. The van der Waals surface area contributed by atoms with Gasteiger partial charge in [0.2, 0.25) is 0 Å². The molecule has 4 aromatic rings. The van der Waals surface area contributed by atoms with Gasteiger partial charge >= 0.3 is 5.97 Å². The summed E-state index contributed by atoms with van der Waals surface area (Å²) in [7, 11) is -0.0146. The summed E-state index contributed by atoms with van der Waals surface area (Å²) in [6, 6.07) is 42.7. The molecule has 0 radical (unpaired) electrons. The van der Waals surface area contributed by atoms with Gasteiger partial charge < -0.3 is 24.9 Å². The van der Waals surface area contributed by atoms with Gasteiger partial charge in [-0.3, -0.25) is 4.79 Å². The van der Waals surface area contributed by atoms with E-state index in [1.807, 2.05) is 0 Å². The molecular weight excluding hydrogens is 872 g/mol. The molecule has 2 N–H and O–H groups in total. The molecular formula is C59H93ClO6S. The lowest BCUT2D eigenvalue weighted by atomic mass is 9.87. The SMILES string of the molecule is CC(C)(C)C.CC(C)(C)C.CC(C)(C)CCCC(CC(=O)O)C(=O)[O-].CC(C)(C)CCCOCC(O)CCl.CC(C)(C)c1ccccc1.c1ccc([S+](c2ccccc2)c2ccccc2)cc1. The van der Waals surface area contributed by atoms with Crippen molar-refractivity contribution in [3.8, 4) is 0 Å². The summed E-state index contributed by atoms with van der Waals surface area (Å²) in [6.07, 6.45) is 3.31. The minimum atomic E-state index is -1.26. The van der Waals surface area contributed by atoms with E-state index >= 15 is 0 Å². The molecule has 4 rings (SSSR count). The van der Waals surface area contributed by atoms with Crippen LogP contribution in [0.4, 0.5) is 0 Å². The number of hydrogen-bond donors (Lipinski definition) is 2. The van der Waals surface area contributed by atoms with E-state index in [2.05, 4.69) is 239 Å². The number of carbonyl (C=O) groups is 2. The van der Waals surface area contributed by atoms with Gasteiger partial charge in [0.05, 0.1) is 35.9 Å². The van der Waals surface area contributed by atoms with E-state index in [4.69, 9.17) is 26.6 Å². The number of alkyl halides is 1. The first kappa shape index (κ1) is 65.5. The molecule has 0 bridgehead atoms. The lowest BCUT2D eigenvalue weighted by Gasteiger charge is -2.20. The molecule has 4 aromatic carbocycles. The third-order valence-electron chi connectivity index (χ3n) is 8.51. The smallest absolute Gasteiger partial charge is 0.304 e. The van der Waals surface area contributed by atoms with Crippen LogP contribution in [0.3, 0.4) is 0 Å². The number of hydrogen-bond acceptors (Lipinski definition) is 5. The minimum absolute atomic E-state index is 0.0146. The van der Waals surface area contributed by atoms with Crippen LogP contribution in [-0.4, -0.2) is 47.3 Å². The highest BCUT2D eigenvalue weighted by Crippen LogP contribution is 2.31. The summed E-state index contributed by atoms with van der Waals surface area (Å²) in [5, 5.41) is 28.2. The van der Waals surface area contributed by atoms with Gasteiger partial charge in [0.15, 0.2) is 14.7 Å². The van der Waals surface area contributed by atoms with Gasteiger partial charge in [0.1, 0.15) is 0 Å². The number of rotatable bonds is 15. The van der Waals surface area contributed by atoms with Gasteiger partial charge in [-0.05, 0) is 94.7 Å². The summed E-state index contributed by atoms with van der Waals surface area (Å²) in [6.45, 7) is 38.1. The second-order valence-corrected chi connectivity index (χ2v) is 25.8. The third kappa shape index (κ3) is 43.4. The van der Waals surface area contributed by atoms with E-state index in [9.17, 15) is 14.7 Å². The molecule has 378 valence electrons. The maximum Gasteiger partial charge on any atom is 0.304 e. The number of carbonyl (C=O) groups excluding carboxylic acids is 1. The highest BCUT2D eigenvalue weighted by molar-refractivity contribution is 7.97. The van der Waals surface area contributed by atoms with Gasteiger partial charge in [0, 0.05) is 18.5 Å². The molecule has 0 saturated carbocycles. The molecule has 67 heavy (non-hydrogen) atoms. The maximum atomic E-state index is 10.6. The van der Waals surface area contributed by atoms with Crippen molar-refractivity contribution >= 4 is 34.4 Å². The average Bonchev–Trinajstić information content (AvgIpc) is 3.20. The average molecular weight is 966 g/mol. The highest BCUT2D eigenvalue weighted by atomic mass is 35.5. The molecule has 0 aliphatic heterocycles. The van der Waals surface area contributed by atoms with Crippen LogP contribution >= 0.6 is 11.6 Å². The Kier molecular flexibility index (Phi) is 33.0. The summed E-state index contributed by atoms with van der Waals surface area (Å²) >= 11 is 5.41. The van der Waals surface area contributed by atoms with Crippen LogP contribution in [0.25, 0.3) is 0 Å². The fourth-order valence-corrected chi connectivity index (χ4v) is 7.57. The normalized spacial score (nSPS) is 12.4. The Morgan fingerprint density at radius 2 is 0.910 bits per heavy atom. The number of halogens is 1. The van der Waals surface area contributed by atoms with E-state index in [-0.39, 0.29) is 28.6 Å². The lowest BCUT2D eigenvalue weighted by molar-refractivity contribution is -0.312. The summed E-state index contributed by atoms with van der Waals surface area (Å²) < 4.78 is 5.25. The Bertz CT molecular complexity index is 1680. The van der Waals surface area contributed by atoms with Crippen molar-refractivity contribution in [3.05, 3.63) is 127 Å². The molecule has 2 unspecified atom stereocenters. The van der Waals surface area contributed by atoms with Crippen LogP contribution in [-0.2, 0) is 30.6 Å². The standard InChI is InChI=1S/C18H15S.C11H20O4.C10H21ClO2.C10H14.2C5H12/c1-4-10-16(11-5-1)19(17-12-6-2-7-13-17)18-14-8-3-9-15-18;1-11(2,3)6-4-5-8(10(14)15)7-9(12)13;1-10(2,3)5-4-6-13-8-9(12)7-11;1-10(2,3)9-7-5-4-6-8-9;2*1-5(2,3)4/h1-15H;8H,4-7H2,1-3H3,(H,12,13)(H,14,15);9,12H,4-8H2,1-3H3;4-8H,1-3H3;2*1-4H3/q+1;;;;;/p-1. The first-order valence-corrected chi connectivity index (χ1v) is 25.7. The Balaban J connectivity index is 0. The Morgan fingerprint density at radius 3 is 1.18 bits per heavy atom. The highest BCUT2D eigenvalue weighted by Gasteiger charge is 2.27. The molecule has 6 nitrogen and oxygen atoms in total. The molecule has 0 amide bonds. The molecule has 0 aliphatic carbocycles. The van der Waals surface area contributed by atoms with Crippen molar-refractivity contribution in [1.82, 2.24) is 0 Å². The predicted molar refractivity (Wildman–Crippen MR) is 287 cm³/mol. The topological polar surface area (TPSA) is 107 Å². The Morgan fingerprint density at radius 1 is 0.582 bits per heavy atom. The number of benzene rings is 4. The zero-order valence-electron chi connectivity index (χ0n) is 44.9. The first-order valence-electron chi connectivity index (χ1n) is 23.9. The van der Waals surface area contributed by atoms with Crippen LogP contribution in [0.1, 0.15) is 162 Å². The quantitative estimate of drug-likeness (QED) is 0.0698. The van der Waals surface area contributed by atoms with Gasteiger partial charge in [-0.2, -0.15) is 0 Å². The maximum absolute atomic E-state index is 10.6. The Labute approximate surface area is 418 Å². The number of carboxylic acid groups (broad SMARTS) is 2. The van der Waals surface area contributed by atoms with Crippen LogP contribution < -0.4 is 5.11 Å². The van der Waals surface area contributed by atoms with Crippen LogP contribution in [0, 0.1) is 27.6 Å². The first-order chi connectivity index (χ1) is 30.7. The van der Waals surface area contributed by atoms with Crippen molar-refractivity contribution in [2.75, 3.05) is 19.1 Å². The van der Waals surface area contributed by atoms with Crippen molar-refractivity contribution in [2.45, 2.75) is 182 Å². The van der Waals surface area contributed by atoms with Crippen LogP contribution in [0.15, 0.2) is 136 Å². The number of carboxylic acids is 2. The van der Waals surface area contributed by atoms with Crippen molar-refractivity contribution in [1.29, 1.82) is 0 Å². The second kappa shape index (κ2) is 33.8. The second-order valence-electron chi connectivity index (χ2n) is 23.5.